The monoisotopic (exact) mass is 264 g/mol. The van der Waals surface area contributed by atoms with Crippen molar-refractivity contribution in [2.24, 2.45) is 0 Å². The molecule has 19 heavy (non-hydrogen) atoms. The molecular formula is C14H20N2O3. The van der Waals surface area contributed by atoms with E-state index in [0.29, 0.717) is 31.0 Å². The van der Waals surface area contributed by atoms with Crippen molar-refractivity contribution >= 4 is 11.4 Å². The van der Waals surface area contributed by atoms with E-state index >= 15 is 0 Å². The fourth-order valence-corrected chi connectivity index (χ4v) is 2.58. The number of anilines is 2. The Bertz CT molecular complexity index is 464. The molecule has 0 radical (unpaired) electrons. The number of benzene rings is 1. The largest absolute Gasteiger partial charge is 0.486 e. The molecule has 3 rings (SSSR count). The van der Waals surface area contributed by atoms with Gasteiger partial charge >= 0.3 is 0 Å². The lowest BCUT2D eigenvalue weighted by molar-refractivity contribution is 0.0232. The van der Waals surface area contributed by atoms with Crippen LogP contribution in [0.25, 0.3) is 0 Å². The van der Waals surface area contributed by atoms with E-state index < -0.39 is 0 Å². The summed E-state index contributed by atoms with van der Waals surface area (Å²) in [7, 11) is 0. The van der Waals surface area contributed by atoms with Crippen LogP contribution in [0.1, 0.15) is 19.8 Å². The SMILES string of the molecule is CC1CC(Nc2cc3c(cc2N)OCCO3)CCO1. The lowest BCUT2D eigenvalue weighted by atomic mass is 10.0. The predicted octanol–water partition coefficient (Wildman–Crippen LogP) is 2.02. The maximum atomic E-state index is 6.07. The van der Waals surface area contributed by atoms with Gasteiger partial charge in [-0.3, -0.25) is 0 Å². The number of ether oxygens (including phenoxy) is 3. The topological polar surface area (TPSA) is 65.7 Å². The summed E-state index contributed by atoms with van der Waals surface area (Å²) in [6, 6.07) is 4.16. The Morgan fingerprint density at radius 3 is 2.63 bits per heavy atom. The molecule has 3 N–H and O–H groups in total. The highest BCUT2D eigenvalue weighted by atomic mass is 16.6. The molecule has 2 aliphatic heterocycles. The maximum absolute atomic E-state index is 6.07. The van der Waals surface area contributed by atoms with Gasteiger partial charge in [-0.15, -0.1) is 0 Å². The zero-order valence-electron chi connectivity index (χ0n) is 11.1. The summed E-state index contributed by atoms with van der Waals surface area (Å²) in [5.41, 5.74) is 7.68. The summed E-state index contributed by atoms with van der Waals surface area (Å²) in [4.78, 5) is 0. The molecule has 1 fully saturated rings. The van der Waals surface area contributed by atoms with Gasteiger partial charge in [0.25, 0.3) is 0 Å². The van der Waals surface area contributed by atoms with Gasteiger partial charge in [0.1, 0.15) is 13.2 Å². The smallest absolute Gasteiger partial charge is 0.163 e. The van der Waals surface area contributed by atoms with E-state index in [1.165, 1.54) is 0 Å². The Morgan fingerprint density at radius 1 is 1.16 bits per heavy atom. The molecule has 0 amide bonds. The van der Waals surface area contributed by atoms with Crippen LogP contribution in [0.2, 0.25) is 0 Å². The highest BCUT2D eigenvalue weighted by molar-refractivity contribution is 5.72. The van der Waals surface area contributed by atoms with Crippen LogP contribution in [0.4, 0.5) is 11.4 Å². The van der Waals surface area contributed by atoms with Crippen molar-refractivity contribution in [2.45, 2.75) is 31.9 Å². The van der Waals surface area contributed by atoms with Gasteiger partial charge in [-0.25, -0.2) is 0 Å². The van der Waals surface area contributed by atoms with Crippen LogP contribution in [0.15, 0.2) is 12.1 Å². The first-order chi connectivity index (χ1) is 9.22. The molecule has 2 aliphatic rings. The van der Waals surface area contributed by atoms with Crippen LogP contribution in [0, 0.1) is 0 Å². The van der Waals surface area contributed by atoms with Gasteiger partial charge in [0, 0.05) is 24.8 Å². The minimum absolute atomic E-state index is 0.296. The highest BCUT2D eigenvalue weighted by Crippen LogP contribution is 2.37. The first-order valence-corrected chi connectivity index (χ1v) is 6.79. The summed E-state index contributed by atoms with van der Waals surface area (Å²) in [6.45, 7) is 4.06. The maximum Gasteiger partial charge on any atom is 0.163 e. The van der Waals surface area contributed by atoms with E-state index in [0.717, 1.165) is 36.6 Å². The molecule has 0 aliphatic carbocycles. The Labute approximate surface area is 113 Å². The molecule has 0 aromatic heterocycles. The first kappa shape index (κ1) is 12.4. The van der Waals surface area contributed by atoms with Gasteiger partial charge < -0.3 is 25.3 Å². The van der Waals surface area contributed by atoms with Gasteiger partial charge in [-0.1, -0.05) is 0 Å². The van der Waals surface area contributed by atoms with Gasteiger partial charge in [-0.05, 0) is 19.8 Å². The minimum Gasteiger partial charge on any atom is -0.486 e. The van der Waals surface area contributed by atoms with Gasteiger partial charge in [-0.2, -0.15) is 0 Å². The van der Waals surface area contributed by atoms with E-state index in [4.69, 9.17) is 19.9 Å². The van der Waals surface area contributed by atoms with Gasteiger partial charge in [0.2, 0.25) is 0 Å². The molecule has 2 heterocycles. The number of hydrogen-bond donors (Lipinski definition) is 2. The number of hydrogen-bond acceptors (Lipinski definition) is 5. The fraction of sp³-hybridized carbons (Fsp3) is 0.571. The van der Waals surface area contributed by atoms with Crippen molar-refractivity contribution in [3.05, 3.63) is 12.1 Å². The van der Waals surface area contributed by atoms with Gasteiger partial charge in [0.15, 0.2) is 11.5 Å². The second kappa shape index (κ2) is 5.17. The summed E-state index contributed by atoms with van der Waals surface area (Å²) in [5.74, 6) is 1.50. The van der Waals surface area contributed by atoms with Crippen LogP contribution in [0.5, 0.6) is 11.5 Å². The van der Waals surface area contributed by atoms with Crippen LogP contribution < -0.4 is 20.5 Å². The molecule has 2 unspecified atom stereocenters. The Kier molecular flexibility index (Phi) is 3.38. The Balaban J connectivity index is 1.76. The zero-order chi connectivity index (χ0) is 13.2. The molecule has 2 atom stereocenters. The van der Waals surface area contributed by atoms with E-state index in [-0.39, 0.29) is 0 Å². The summed E-state index contributed by atoms with van der Waals surface area (Å²) in [5, 5.41) is 3.49. The highest BCUT2D eigenvalue weighted by Gasteiger charge is 2.21. The summed E-state index contributed by atoms with van der Waals surface area (Å²) in [6.07, 6.45) is 2.29. The fourth-order valence-electron chi connectivity index (χ4n) is 2.58. The third-order valence-electron chi connectivity index (χ3n) is 3.56. The van der Waals surface area contributed by atoms with Gasteiger partial charge in [0.05, 0.1) is 17.5 Å². The van der Waals surface area contributed by atoms with Crippen LogP contribution in [-0.4, -0.2) is 32.0 Å². The lowest BCUT2D eigenvalue weighted by Crippen LogP contribution is -2.32. The number of nitrogens with two attached hydrogens (primary N) is 1. The van der Waals surface area contributed by atoms with Crippen LogP contribution in [0.3, 0.4) is 0 Å². The first-order valence-electron chi connectivity index (χ1n) is 6.79. The van der Waals surface area contributed by atoms with Crippen LogP contribution in [-0.2, 0) is 4.74 Å². The molecule has 0 spiro atoms. The van der Waals surface area contributed by atoms with Crippen LogP contribution >= 0.6 is 0 Å². The second-order valence-electron chi connectivity index (χ2n) is 5.13. The number of rotatable bonds is 2. The standard InChI is InChI=1S/C14H20N2O3/c1-9-6-10(2-3-17-9)16-12-8-14-13(7-11(12)15)18-4-5-19-14/h7-10,16H,2-6,15H2,1H3. The Morgan fingerprint density at radius 2 is 1.89 bits per heavy atom. The average molecular weight is 264 g/mol. The molecule has 0 saturated carbocycles. The lowest BCUT2D eigenvalue weighted by Gasteiger charge is -2.29. The van der Waals surface area contributed by atoms with E-state index in [2.05, 4.69) is 12.2 Å². The number of nitrogen functional groups attached to an aromatic ring is 1. The van der Waals surface area contributed by atoms with Crippen molar-refractivity contribution in [2.75, 3.05) is 30.9 Å². The second-order valence-corrected chi connectivity index (χ2v) is 5.13. The van der Waals surface area contributed by atoms with E-state index in [9.17, 15) is 0 Å². The van der Waals surface area contributed by atoms with Crippen molar-refractivity contribution in [3.63, 3.8) is 0 Å². The minimum atomic E-state index is 0.296. The van der Waals surface area contributed by atoms with Crippen molar-refractivity contribution in [1.29, 1.82) is 0 Å². The van der Waals surface area contributed by atoms with E-state index in [1.807, 2.05) is 12.1 Å². The number of nitrogens with one attached hydrogen (secondary N) is 1. The van der Waals surface area contributed by atoms with Crippen molar-refractivity contribution in [1.82, 2.24) is 0 Å². The molecule has 1 saturated heterocycles. The number of fused-ring (bicyclic) bond motifs is 1. The molecule has 0 bridgehead atoms. The zero-order valence-corrected chi connectivity index (χ0v) is 11.1. The Hall–Kier alpha value is -1.62. The molecule has 1 aromatic rings. The molecular weight excluding hydrogens is 244 g/mol. The third-order valence-corrected chi connectivity index (χ3v) is 3.56. The normalized spacial score (nSPS) is 25.9. The summed E-state index contributed by atoms with van der Waals surface area (Å²) < 4.78 is 16.6. The molecule has 1 aromatic carbocycles. The average Bonchev–Trinajstić information content (AvgIpc) is 2.40. The van der Waals surface area contributed by atoms with Crippen molar-refractivity contribution in [3.8, 4) is 11.5 Å². The van der Waals surface area contributed by atoms with Crippen molar-refractivity contribution < 1.29 is 14.2 Å². The quantitative estimate of drug-likeness (QED) is 0.800. The molecule has 104 valence electrons. The molecule has 5 heteroatoms. The third kappa shape index (κ3) is 2.71. The summed E-state index contributed by atoms with van der Waals surface area (Å²) >= 11 is 0. The molecule has 5 nitrogen and oxygen atoms in total. The predicted molar refractivity (Wildman–Crippen MR) is 73.9 cm³/mol. The van der Waals surface area contributed by atoms with E-state index in [1.54, 1.807) is 0 Å².